The molecular weight excluding hydrogens is 182 g/mol. The second-order valence-corrected chi connectivity index (χ2v) is 5.30. The molecule has 3 heteroatoms. The van der Waals surface area contributed by atoms with Crippen molar-refractivity contribution in [1.29, 1.82) is 0 Å². The summed E-state index contributed by atoms with van der Waals surface area (Å²) >= 11 is 1.79. The van der Waals surface area contributed by atoms with Gasteiger partial charge in [0, 0.05) is 22.8 Å². The molecule has 2 N–H and O–H groups in total. The third-order valence-electron chi connectivity index (χ3n) is 1.65. The molecular formula is C10H17NOS. The molecule has 0 fully saturated rings. The Kier molecular flexibility index (Phi) is 3.47. The third kappa shape index (κ3) is 4.41. The van der Waals surface area contributed by atoms with Crippen molar-refractivity contribution in [1.82, 2.24) is 5.32 Å². The molecule has 0 spiro atoms. The minimum absolute atomic E-state index is 0.619. The fraction of sp³-hybridized carbons (Fsp3) is 0.600. The molecule has 1 heterocycles. The first-order valence-electron chi connectivity index (χ1n) is 4.46. The van der Waals surface area contributed by atoms with Crippen LogP contribution in [0.15, 0.2) is 12.1 Å². The van der Waals surface area contributed by atoms with Gasteiger partial charge in [0.2, 0.25) is 0 Å². The molecule has 0 amide bonds. The van der Waals surface area contributed by atoms with Crippen molar-refractivity contribution in [2.75, 3.05) is 6.54 Å². The molecule has 1 rings (SSSR count). The summed E-state index contributed by atoms with van der Waals surface area (Å²) in [6, 6.07) is 4.24. The number of aliphatic hydroxyl groups is 1. The fourth-order valence-corrected chi connectivity index (χ4v) is 1.93. The Labute approximate surface area is 83.6 Å². The highest BCUT2D eigenvalue weighted by Gasteiger charge is 2.10. The van der Waals surface area contributed by atoms with Crippen LogP contribution in [-0.2, 0) is 6.54 Å². The minimum atomic E-state index is -0.619. The van der Waals surface area contributed by atoms with Gasteiger partial charge in [0.05, 0.1) is 5.60 Å². The normalized spacial score (nSPS) is 12.0. The van der Waals surface area contributed by atoms with Gasteiger partial charge in [0.15, 0.2) is 0 Å². The molecule has 1 aromatic rings. The molecule has 1 aromatic heterocycles. The van der Waals surface area contributed by atoms with E-state index in [1.165, 1.54) is 9.75 Å². The summed E-state index contributed by atoms with van der Waals surface area (Å²) in [6.07, 6.45) is 0. The van der Waals surface area contributed by atoms with Crippen molar-refractivity contribution in [2.45, 2.75) is 32.9 Å². The van der Waals surface area contributed by atoms with Crippen molar-refractivity contribution in [3.63, 3.8) is 0 Å². The fourth-order valence-electron chi connectivity index (χ4n) is 1.07. The molecule has 2 nitrogen and oxygen atoms in total. The molecule has 0 aliphatic heterocycles. The van der Waals surface area contributed by atoms with Gasteiger partial charge in [0.1, 0.15) is 0 Å². The lowest BCUT2D eigenvalue weighted by atomic mass is 10.1. The standard InChI is InChI=1S/C10H17NOS/c1-8-4-5-9(13-8)6-11-7-10(2,3)12/h4-5,11-12H,6-7H2,1-3H3. The first-order valence-corrected chi connectivity index (χ1v) is 5.27. The van der Waals surface area contributed by atoms with Gasteiger partial charge in [0.25, 0.3) is 0 Å². The van der Waals surface area contributed by atoms with E-state index in [9.17, 15) is 5.11 Å². The van der Waals surface area contributed by atoms with Gasteiger partial charge in [-0.1, -0.05) is 0 Å². The van der Waals surface area contributed by atoms with Crippen molar-refractivity contribution in [3.05, 3.63) is 21.9 Å². The Morgan fingerprint density at radius 1 is 1.46 bits per heavy atom. The largest absolute Gasteiger partial charge is 0.389 e. The van der Waals surface area contributed by atoms with Crippen LogP contribution >= 0.6 is 11.3 Å². The summed E-state index contributed by atoms with van der Waals surface area (Å²) in [5.41, 5.74) is -0.619. The maximum Gasteiger partial charge on any atom is 0.0715 e. The van der Waals surface area contributed by atoms with Crippen LogP contribution in [0.4, 0.5) is 0 Å². The maximum atomic E-state index is 9.44. The van der Waals surface area contributed by atoms with E-state index in [-0.39, 0.29) is 0 Å². The first kappa shape index (κ1) is 10.7. The van der Waals surface area contributed by atoms with Crippen molar-refractivity contribution < 1.29 is 5.11 Å². The summed E-state index contributed by atoms with van der Waals surface area (Å²) in [4.78, 5) is 2.65. The molecule has 0 unspecified atom stereocenters. The average Bonchev–Trinajstić information content (AvgIpc) is 2.33. The number of nitrogens with one attached hydrogen (secondary N) is 1. The highest BCUT2D eigenvalue weighted by molar-refractivity contribution is 7.11. The van der Waals surface area contributed by atoms with E-state index < -0.39 is 5.60 Å². The van der Waals surface area contributed by atoms with Gasteiger partial charge in [-0.05, 0) is 32.9 Å². The van der Waals surface area contributed by atoms with Crippen LogP contribution in [0.1, 0.15) is 23.6 Å². The number of hydrogen-bond acceptors (Lipinski definition) is 3. The molecule has 74 valence electrons. The monoisotopic (exact) mass is 199 g/mol. The van der Waals surface area contributed by atoms with E-state index in [1.807, 2.05) is 0 Å². The average molecular weight is 199 g/mol. The summed E-state index contributed by atoms with van der Waals surface area (Å²) in [5.74, 6) is 0. The van der Waals surface area contributed by atoms with Gasteiger partial charge in [-0.3, -0.25) is 0 Å². The van der Waals surface area contributed by atoms with Crippen LogP contribution in [-0.4, -0.2) is 17.3 Å². The van der Waals surface area contributed by atoms with E-state index in [0.717, 1.165) is 6.54 Å². The quantitative estimate of drug-likeness (QED) is 0.776. The molecule has 0 aliphatic rings. The lowest BCUT2D eigenvalue weighted by Gasteiger charge is -2.17. The van der Waals surface area contributed by atoms with Crippen molar-refractivity contribution >= 4 is 11.3 Å². The maximum absolute atomic E-state index is 9.44. The highest BCUT2D eigenvalue weighted by Crippen LogP contribution is 2.14. The lowest BCUT2D eigenvalue weighted by molar-refractivity contribution is 0.0796. The highest BCUT2D eigenvalue weighted by atomic mass is 32.1. The Morgan fingerprint density at radius 3 is 2.62 bits per heavy atom. The molecule has 0 atom stereocenters. The Bertz CT molecular complexity index is 262. The predicted octanol–water partition coefficient (Wildman–Crippen LogP) is 1.92. The zero-order chi connectivity index (χ0) is 9.90. The van der Waals surface area contributed by atoms with E-state index in [4.69, 9.17) is 0 Å². The predicted molar refractivity (Wildman–Crippen MR) is 57.1 cm³/mol. The number of rotatable bonds is 4. The van der Waals surface area contributed by atoms with Gasteiger partial charge >= 0.3 is 0 Å². The zero-order valence-corrected chi connectivity index (χ0v) is 9.24. The third-order valence-corrected chi connectivity index (χ3v) is 2.65. The van der Waals surface area contributed by atoms with Crippen molar-refractivity contribution in [2.24, 2.45) is 0 Å². The molecule has 0 saturated carbocycles. The van der Waals surface area contributed by atoms with Crippen LogP contribution in [0.5, 0.6) is 0 Å². The van der Waals surface area contributed by atoms with Crippen LogP contribution in [0.3, 0.4) is 0 Å². The molecule has 13 heavy (non-hydrogen) atoms. The van der Waals surface area contributed by atoms with Gasteiger partial charge in [-0.25, -0.2) is 0 Å². The Balaban J connectivity index is 2.28. The SMILES string of the molecule is Cc1ccc(CNCC(C)(C)O)s1. The minimum Gasteiger partial charge on any atom is -0.389 e. The summed E-state index contributed by atoms with van der Waals surface area (Å²) in [6.45, 7) is 7.19. The van der Waals surface area contributed by atoms with Gasteiger partial charge in [-0.15, -0.1) is 11.3 Å². The summed E-state index contributed by atoms with van der Waals surface area (Å²) < 4.78 is 0. The topological polar surface area (TPSA) is 32.3 Å². The van der Waals surface area contributed by atoms with Crippen LogP contribution in [0.2, 0.25) is 0 Å². The van der Waals surface area contributed by atoms with Crippen LogP contribution in [0.25, 0.3) is 0 Å². The Hall–Kier alpha value is -0.380. The summed E-state index contributed by atoms with van der Waals surface area (Å²) in [7, 11) is 0. The van der Waals surface area contributed by atoms with E-state index >= 15 is 0 Å². The van der Waals surface area contributed by atoms with E-state index in [1.54, 1.807) is 25.2 Å². The molecule has 0 aromatic carbocycles. The Morgan fingerprint density at radius 2 is 2.15 bits per heavy atom. The molecule has 0 aliphatic carbocycles. The van der Waals surface area contributed by atoms with E-state index in [2.05, 4.69) is 24.4 Å². The number of hydrogen-bond donors (Lipinski definition) is 2. The second kappa shape index (κ2) is 4.22. The first-order chi connectivity index (χ1) is 5.97. The van der Waals surface area contributed by atoms with Crippen LogP contribution < -0.4 is 5.32 Å². The van der Waals surface area contributed by atoms with Crippen LogP contribution in [0, 0.1) is 6.92 Å². The number of aryl methyl sites for hydroxylation is 1. The van der Waals surface area contributed by atoms with Gasteiger partial charge in [-0.2, -0.15) is 0 Å². The molecule has 0 bridgehead atoms. The lowest BCUT2D eigenvalue weighted by Crippen LogP contribution is -2.34. The zero-order valence-electron chi connectivity index (χ0n) is 8.42. The summed E-state index contributed by atoms with van der Waals surface area (Å²) in [5, 5.41) is 12.7. The van der Waals surface area contributed by atoms with Crippen molar-refractivity contribution in [3.8, 4) is 0 Å². The smallest absolute Gasteiger partial charge is 0.0715 e. The van der Waals surface area contributed by atoms with Gasteiger partial charge < -0.3 is 10.4 Å². The molecule has 0 saturated heterocycles. The second-order valence-electron chi connectivity index (χ2n) is 3.93. The molecule has 0 radical (unpaired) electrons. The van der Waals surface area contributed by atoms with E-state index in [0.29, 0.717) is 6.54 Å². The number of thiophene rings is 1.